The standard InChI is InChI=1S/C16H23NO2/c1-13-7-8-14-5-2-3-6-15(14)17(13)10-9-16-18-11-4-12-19-16/h2-3,5-6,13,16H,4,7-12H2,1H3. The predicted octanol–water partition coefficient (Wildman–Crippen LogP) is 2.98. The van der Waals surface area contributed by atoms with Gasteiger partial charge in [0, 0.05) is 24.7 Å². The maximum atomic E-state index is 5.64. The van der Waals surface area contributed by atoms with E-state index in [1.165, 1.54) is 24.1 Å². The molecule has 1 aromatic carbocycles. The van der Waals surface area contributed by atoms with Crippen LogP contribution < -0.4 is 4.90 Å². The Morgan fingerprint density at radius 3 is 2.84 bits per heavy atom. The third-order valence-corrected chi connectivity index (χ3v) is 4.17. The zero-order chi connectivity index (χ0) is 13.1. The van der Waals surface area contributed by atoms with E-state index in [1.807, 2.05) is 0 Å². The van der Waals surface area contributed by atoms with Crippen molar-refractivity contribution in [2.75, 3.05) is 24.7 Å². The van der Waals surface area contributed by atoms with Crippen LogP contribution in [0.4, 0.5) is 5.69 Å². The summed E-state index contributed by atoms with van der Waals surface area (Å²) in [5, 5.41) is 0. The van der Waals surface area contributed by atoms with Crippen molar-refractivity contribution in [2.24, 2.45) is 0 Å². The van der Waals surface area contributed by atoms with Gasteiger partial charge in [-0.2, -0.15) is 0 Å². The van der Waals surface area contributed by atoms with E-state index in [9.17, 15) is 0 Å². The van der Waals surface area contributed by atoms with Crippen LogP contribution in [0.2, 0.25) is 0 Å². The highest BCUT2D eigenvalue weighted by Gasteiger charge is 2.24. The molecule has 0 saturated carbocycles. The molecule has 0 aliphatic carbocycles. The summed E-state index contributed by atoms with van der Waals surface area (Å²) < 4.78 is 11.3. The number of nitrogens with zero attached hydrogens (tertiary/aromatic N) is 1. The molecule has 1 aromatic rings. The molecule has 3 rings (SSSR count). The van der Waals surface area contributed by atoms with Crippen molar-refractivity contribution < 1.29 is 9.47 Å². The topological polar surface area (TPSA) is 21.7 Å². The van der Waals surface area contributed by atoms with Crippen molar-refractivity contribution in [3.63, 3.8) is 0 Å². The summed E-state index contributed by atoms with van der Waals surface area (Å²) in [4.78, 5) is 2.51. The lowest BCUT2D eigenvalue weighted by atomic mass is 9.96. The van der Waals surface area contributed by atoms with Gasteiger partial charge in [0.15, 0.2) is 6.29 Å². The van der Waals surface area contributed by atoms with Crippen LogP contribution >= 0.6 is 0 Å². The third kappa shape index (κ3) is 2.93. The fourth-order valence-corrected chi connectivity index (χ4v) is 3.05. The van der Waals surface area contributed by atoms with Crippen molar-refractivity contribution in [3.05, 3.63) is 29.8 Å². The van der Waals surface area contributed by atoms with Gasteiger partial charge in [-0.3, -0.25) is 0 Å². The molecule has 2 aliphatic rings. The van der Waals surface area contributed by atoms with E-state index in [0.29, 0.717) is 6.04 Å². The van der Waals surface area contributed by atoms with Crippen LogP contribution in [0.25, 0.3) is 0 Å². The average Bonchev–Trinajstić information content (AvgIpc) is 2.47. The van der Waals surface area contributed by atoms with Crippen LogP contribution in [0.5, 0.6) is 0 Å². The molecule has 0 amide bonds. The lowest BCUT2D eigenvalue weighted by Crippen LogP contribution is -2.40. The number of aryl methyl sites for hydroxylation is 1. The van der Waals surface area contributed by atoms with Gasteiger partial charge < -0.3 is 14.4 Å². The molecule has 0 radical (unpaired) electrons. The van der Waals surface area contributed by atoms with E-state index in [0.717, 1.165) is 32.6 Å². The molecule has 0 bridgehead atoms. The van der Waals surface area contributed by atoms with E-state index in [-0.39, 0.29) is 6.29 Å². The van der Waals surface area contributed by atoms with Gasteiger partial charge in [0.25, 0.3) is 0 Å². The van der Waals surface area contributed by atoms with Crippen LogP contribution in [-0.4, -0.2) is 32.1 Å². The normalized spacial score (nSPS) is 24.3. The van der Waals surface area contributed by atoms with Crippen LogP contribution in [0.15, 0.2) is 24.3 Å². The largest absolute Gasteiger partial charge is 0.368 e. The molecule has 2 heterocycles. The smallest absolute Gasteiger partial charge is 0.159 e. The zero-order valence-corrected chi connectivity index (χ0v) is 11.7. The average molecular weight is 261 g/mol. The number of ether oxygens (including phenoxy) is 2. The van der Waals surface area contributed by atoms with Gasteiger partial charge in [0.1, 0.15) is 0 Å². The highest BCUT2D eigenvalue weighted by Crippen LogP contribution is 2.30. The molecule has 0 aromatic heterocycles. The molecule has 0 spiro atoms. The minimum absolute atomic E-state index is 0.00459. The van der Waals surface area contributed by atoms with Crippen molar-refractivity contribution in [1.82, 2.24) is 0 Å². The molecule has 0 N–H and O–H groups in total. The molecular formula is C16H23NO2. The van der Waals surface area contributed by atoms with Gasteiger partial charge in [0.05, 0.1) is 13.2 Å². The van der Waals surface area contributed by atoms with Crippen molar-refractivity contribution in [3.8, 4) is 0 Å². The maximum absolute atomic E-state index is 5.64. The van der Waals surface area contributed by atoms with Crippen molar-refractivity contribution in [2.45, 2.75) is 44.9 Å². The molecule has 2 aliphatic heterocycles. The number of hydrogen-bond acceptors (Lipinski definition) is 3. The quantitative estimate of drug-likeness (QED) is 0.835. The molecule has 1 unspecified atom stereocenters. The minimum Gasteiger partial charge on any atom is -0.368 e. The number of para-hydroxylation sites is 1. The number of benzene rings is 1. The Morgan fingerprint density at radius 2 is 2.00 bits per heavy atom. The first-order valence-electron chi connectivity index (χ1n) is 7.42. The summed E-state index contributed by atoms with van der Waals surface area (Å²) in [5.74, 6) is 0. The first-order chi connectivity index (χ1) is 9.34. The second-order valence-electron chi connectivity index (χ2n) is 5.52. The van der Waals surface area contributed by atoms with Gasteiger partial charge in [-0.15, -0.1) is 0 Å². The monoisotopic (exact) mass is 261 g/mol. The molecular weight excluding hydrogens is 238 g/mol. The number of hydrogen-bond donors (Lipinski definition) is 0. The molecule has 1 atom stereocenters. The van der Waals surface area contributed by atoms with Crippen molar-refractivity contribution >= 4 is 5.69 Å². The molecule has 1 saturated heterocycles. The van der Waals surface area contributed by atoms with E-state index in [2.05, 4.69) is 36.1 Å². The predicted molar refractivity (Wildman–Crippen MR) is 76.5 cm³/mol. The number of anilines is 1. The zero-order valence-electron chi connectivity index (χ0n) is 11.7. The Hall–Kier alpha value is -1.06. The SMILES string of the molecule is CC1CCc2ccccc2N1CCC1OCCCO1. The summed E-state index contributed by atoms with van der Waals surface area (Å²) >= 11 is 0. The fraction of sp³-hybridized carbons (Fsp3) is 0.625. The summed E-state index contributed by atoms with van der Waals surface area (Å²) in [5.41, 5.74) is 2.88. The highest BCUT2D eigenvalue weighted by molar-refractivity contribution is 5.56. The second-order valence-corrected chi connectivity index (χ2v) is 5.52. The van der Waals surface area contributed by atoms with Crippen molar-refractivity contribution in [1.29, 1.82) is 0 Å². The molecule has 3 nitrogen and oxygen atoms in total. The Balaban J connectivity index is 1.65. The third-order valence-electron chi connectivity index (χ3n) is 4.17. The van der Waals surface area contributed by atoms with Crippen LogP contribution in [-0.2, 0) is 15.9 Å². The Kier molecular flexibility index (Phi) is 4.04. The molecule has 3 heteroatoms. The van der Waals surface area contributed by atoms with Gasteiger partial charge >= 0.3 is 0 Å². The summed E-state index contributed by atoms with van der Waals surface area (Å²) in [7, 11) is 0. The van der Waals surface area contributed by atoms with Crippen LogP contribution in [0.3, 0.4) is 0 Å². The first kappa shape index (κ1) is 12.9. The fourth-order valence-electron chi connectivity index (χ4n) is 3.05. The Labute approximate surface area is 115 Å². The number of fused-ring (bicyclic) bond motifs is 1. The van der Waals surface area contributed by atoms with E-state index < -0.39 is 0 Å². The van der Waals surface area contributed by atoms with Gasteiger partial charge in [0.2, 0.25) is 0 Å². The second kappa shape index (κ2) is 5.93. The highest BCUT2D eigenvalue weighted by atomic mass is 16.7. The number of rotatable bonds is 3. The maximum Gasteiger partial charge on any atom is 0.159 e. The summed E-state index contributed by atoms with van der Waals surface area (Å²) in [6, 6.07) is 9.38. The lowest BCUT2D eigenvalue weighted by Gasteiger charge is -2.38. The van der Waals surface area contributed by atoms with E-state index in [1.54, 1.807) is 0 Å². The minimum atomic E-state index is -0.00459. The van der Waals surface area contributed by atoms with Crippen LogP contribution in [0, 0.1) is 0 Å². The summed E-state index contributed by atoms with van der Waals surface area (Å²) in [6.45, 7) is 5.02. The lowest BCUT2D eigenvalue weighted by molar-refractivity contribution is -0.179. The Morgan fingerprint density at radius 1 is 1.21 bits per heavy atom. The molecule has 104 valence electrons. The molecule has 1 fully saturated rings. The first-order valence-corrected chi connectivity index (χ1v) is 7.42. The summed E-state index contributed by atoms with van der Waals surface area (Å²) in [6.07, 6.45) is 4.42. The van der Waals surface area contributed by atoms with E-state index >= 15 is 0 Å². The Bertz CT molecular complexity index is 415. The van der Waals surface area contributed by atoms with Crippen LogP contribution in [0.1, 0.15) is 31.7 Å². The van der Waals surface area contributed by atoms with Gasteiger partial charge in [-0.25, -0.2) is 0 Å². The van der Waals surface area contributed by atoms with E-state index in [4.69, 9.17) is 9.47 Å². The molecule has 19 heavy (non-hydrogen) atoms. The van der Waals surface area contributed by atoms with Gasteiger partial charge in [-0.05, 0) is 37.8 Å². The van der Waals surface area contributed by atoms with Gasteiger partial charge in [-0.1, -0.05) is 18.2 Å².